The van der Waals surface area contributed by atoms with Crippen molar-refractivity contribution in [3.05, 3.63) is 33.3 Å². The molecule has 0 aliphatic carbocycles. The van der Waals surface area contributed by atoms with Crippen molar-refractivity contribution in [2.24, 2.45) is 17.3 Å². The first-order chi connectivity index (χ1) is 16.2. The number of nitrogens with zero attached hydrogens (tertiary/aromatic N) is 1. The minimum absolute atomic E-state index is 0.221. The first kappa shape index (κ1) is 29.4. The first-order valence-electron chi connectivity index (χ1n) is 12.3. The van der Waals surface area contributed by atoms with Crippen LogP contribution in [0.2, 0.25) is 0 Å². The van der Waals surface area contributed by atoms with Crippen LogP contribution in [0.5, 0.6) is 0 Å². The molecule has 196 valence electrons. The summed E-state index contributed by atoms with van der Waals surface area (Å²) in [6.07, 6.45) is 1.23. The maximum Gasteiger partial charge on any atom is 0.309 e. The van der Waals surface area contributed by atoms with Crippen LogP contribution in [0.4, 0.5) is 0 Å². The number of carbonyl (C=O) groups excluding carboxylic acids is 2. The van der Waals surface area contributed by atoms with Gasteiger partial charge >= 0.3 is 5.97 Å². The topological polar surface area (TPSA) is 117 Å². The summed E-state index contributed by atoms with van der Waals surface area (Å²) in [5.41, 5.74) is 1.08. The average molecular weight is 508 g/mol. The van der Waals surface area contributed by atoms with Crippen LogP contribution in [0.1, 0.15) is 77.9 Å². The fourth-order valence-corrected chi connectivity index (χ4v) is 4.94. The molecule has 7 nitrogen and oxygen atoms in total. The van der Waals surface area contributed by atoms with E-state index in [0.717, 1.165) is 21.8 Å². The van der Waals surface area contributed by atoms with Gasteiger partial charge in [-0.1, -0.05) is 33.8 Å². The van der Waals surface area contributed by atoms with Crippen LogP contribution in [0.15, 0.2) is 22.6 Å². The summed E-state index contributed by atoms with van der Waals surface area (Å²) in [6, 6.07) is 0. The van der Waals surface area contributed by atoms with Crippen molar-refractivity contribution in [2.75, 3.05) is 0 Å². The third-order valence-electron chi connectivity index (χ3n) is 7.21. The number of aryl methyl sites for hydroxylation is 1. The van der Waals surface area contributed by atoms with Crippen LogP contribution in [-0.4, -0.2) is 56.5 Å². The Labute approximate surface area is 212 Å². The summed E-state index contributed by atoms with van der Waals surface area (Å²) >= 11 is 1.53. The maximum absolute atomic E-state index is 13.2. The lowest BCUT2D eigenvalue weighted by molar-refractivity contribution is -0.154. The number of cyclic esters (lactones) is 1. The van der Waals surface area contributed by atoms with Crippen LogP contribution in [0.25, 0.3) is 6.08 Å². The van der Waals surface area contributed by atoms with Gasteiger partial charge in [0.15, 0.2) is 0 Å². The molecule has 3 N–H and O–H groups in total. The van der Waals surface area contributed by atoms with Gasteiger partial charge in [0.2, 0.25) is 0 Å². The Kier molecular flexibility index (Phi) is 10.4. The van der Waals surface area contributed by atoms with E-state index in [1.807, 2.05) is 45.2 Å². The van der Waals surface area contributed by atoms with Gasteiger partial charge in [-0.3, -0.25) is 9.59 Å². The number of Topliss-reactive ketones (excluding diaryl/α,β-unsaturated/α-hetero) is 1. The minimum Gasteiger partial charge on any atom is -0.457 e. The molecule has 2 heterocycles. The summed E-state index contributed by atoms with van der Waals surface area (Å²) in [4.78, 5) is 30.5. The monoisotopic (exact) mass is 507 g/mol. The molecule has 0 unspecified atom stereocenters. The third kappa shape index (κ3) is 7.81. The summed E-state index contributed by atoms with van der Waals surface area (Å²) < 4.78 is 5.76. The van der Waals surface area contributed by atoms with Gasteiger partial charge in [-0.15, -0.1) is 11.3 Å². The zero-order valence-electron chi connectivity index (χ0n) is 21.9. The number of rotatable bonds is 2. The van der Waals surface area contributed by atoms with Crippen LogP contribution in [-0.2, 0) is 14.3 Å². The predicted molar refractivity (Wildman–Crippen MR) is 138 cm³/mol. The second-order valence-corrected chi connectivity index (χ2v) is 11.6. The van der Waals surface area contributed by atoms with Gasteiger partial charge in [-0.05, 0) is 56.8 Å². The van der Waals surface area contributed by atoms with Crippen LogP contribution in [0.3, 0.4) is 0 Å². The highest BCUT2D eigenvalue weighted by atomic mass is 32.1. The fourth-order valence-electron chi connectivity index (χ4n) is 4.37. The molecule has 1 aromatic heterocycles. The van der Waals surface area contributed by atoms with Gasteiger partial charge < -0.3 is 20.1 Å². The molecule has 1 aromatic rings. The molecule has 6 atom stereocenters. The average Bonchev–Trinajstić information content (AvgIpc) is 3.21. The molecular formula is C27H41NO6S. The lowest BCUT2D eigenvalue weighted by atomic mass is 9.73. The van der Waals surface area contributed by atoms with Crippen LogP contribution in [0, 0.1) is 24.2 Å². The van der Waals surface area contributed by atoms with Gasteiger partial charge in [0.1, 0.15) is 11.9 Å². The number of aliphatic hydroxyl groups excluding tert-OH is 3. The molecule has 35 heavy (non-hydrogen) atoms. The summed E-state index contributed by atoms with van der Waals surface area (Å²) in [6.45, 7) is 12.3. The Morgan fingerprint density at radius 3 is 2.43 bits per heavy atom. The van der Waals surface area contributed by atoms with E-state index in [-0.39, 0.29) is 18.1 Å². The van der Waals surface area contributed by atoms with E-state index in [2.05, 4.69) is 4.98 Å². The molecular weight excluding hydrogens is 466 g/mol. The van der Waals surface area contributed by atoms with Crippen molar-refractivity contribution in [3.63, 3.8) is 0 Å². The van der Waals surface area contributed by atoms with E-state index in [1.165, 1.54) is 11.3 Å². The van der Waals surface area contributed by atoms with Crippen LogP contribution < -0.4 is 0 Å². The number of esters is 1. The Morgan fingerprint density at radius 1 is 1.17 bits per heavy atom. The summed E-state index contributed by atoms with van der Waals surface area (Å²) in [5.74, 6) is -1.88. The van der Waals surface area contributed by atoms with Gasteiger partial charge in [0, 0.05) is 17.7 Å². The number of hydrogen-bond donors (Lipinski definition) is 3. The zero-order valence-corrected chi connectivity index (χ0v) is 22.8. The number of aliphatic hydroxyl groups is 3. The molecule has 1 aliphatic rings. The van der Waals surface area contributed by atoms with Gasteiger partial charge in [-0.25, -0.2) is 4.98 Å². The van der Waals surface area contributed by atoms with E-state index in [0.29, 0.717) is 19.3 Å². The zero-order chi connectivity index (χ0) is 26.5. The molecule has 0 radical (unpaired) electrons. The van der Waals surface area contributed by atoms with Crippen LogP contribution >= 0.6 is 11.3 Å². The van der Waals surface area contributed by atoms with E-state index in [4.69, 9.17) is 4.74 Å². The highest BCUT2D eigenvalue weighted by Crippen LogP contribution is 2.32. The smallest absolute Gasteiger partial charge is 0.309 e. The normalized spacial score (nSPS) is 33.7. The Morgan fingerprint density at radius 2 is 1.83 bits per heavy atom. The highest BCUT2D eigenvalue weighted by molar-refractivity contribution is 7.09. The molecule has 0 amide bonds. The number of hydrogen-bond acceptors (Lipinski definition) is 8. The lowest BCUT2D eigenvalue weighted by Gasteiger charge is -2.34. The second kappa shape index (κ2) is 12.4. The molecule has 0 saturated carbocycles. The molecule has 0 bridgehead atoms. The standard InChI is InChI=1S/C27H41NO6S/c1-15-9-11-22(17(3)12-20-14-35-19(5)28-20)34-24(31)13-23(30)27(6,7)26(33)18(4)25(32)16(2)8-10-21(15)29/h9,12,14,16,18,21-23,25,29-30,32H,8,10-11,13H2,1-7H3/b15-9-,17-12+/t16-,18+,21+,22-,23-,25-/m0/s1. The molecule has 8 heteroatoms. The number of ether oxygens (including phenoxy) is 1. The Bertz CT molecular complexity index is 949. The first-order valence-corrected chi connectivity index (χ1v) is 13.2. The van der Waals surface area contributed by atoms with E-state index >= 15 is 0 Å². The van der Waals surface area contributed by atoms with Gasteiger partial charge in [-0.2, -0.15) is 0 Å². The van der Waals surface area contributed by atoms with Crippen molar-refractivity contribution < 1.29 is 29.6 Å². The number of aromatic nitrogens is 1. The van der Waals surface area contributed by atoms with Crippen molar-refractivity contribution in [3.8, 4) is 0 Å². The quantitative estimate of drug-likeness (QED) is 0.405. The summed E-state index contributed by atoms with van der Waals surface area (Å²) in [7, 11) is 0. The number of ketones is 1. The highest BCUT2D eigenvalue weighted by Gasteiger charge is 2.42. The van der Waals surface area contributed by atoms with Crippen molar-refractivity contribution in [1.82, 2.24) is 4.98 Å². The Hall–Kier alpha value is -1.87. The van der Waals surface area contributed by atoms with Gasteiger partial charge in [0.25, 0.3) is 0 Å². The third-order valence-corrected chi connectivity index (χ3v) is 8.00. The van der Waals surface area contributed by atoms with E-state index < -0.39 is 41.7 Å². The molecule has 0 fully saturated rings. The van der Waals surface area contributed by atoms with Crippen molar-refractivity contribution in [1.29, 1.82) is 0 Å². The second-order valence-electron chi connectivity index (χ2n) is 10.5. The fraction of sp³-hybridized carbons (Fsp3) is 0.667. The SMILES string of the molecule is C/C1=C/C[C@@H](/C(C)=C/c2csc(C)n2)OC(=O)C[C@H](O)C(C)(C)C(=O)[C@H](C)[C@@H](O)[C@@H](C)CC[C@H]1O. The summed E-state index contributed by atoms with van der Waals surface area (Å²) in [5, 5.41) is 35.1. The molecule has 0 aromatic carbocycles. The number of thiazole rings is 1. The van der Waals surface area contributed by atoms with E-state index in [1.54, 1.807) is 20.8 Å². The molecule has 0 spiro atoms. The molecule has 1 aliphatic heterocycles. The van der Waals surface area contributed by atoms with Gasteiger partial charge in [0.05, 0.1) is 40.8 Å². The largest absolute Gasteiger partial charge is 0.457 e. The number of carbonyl (C=O) groups is 2. The van der Waals surface area contributed by atoms with Crippen molar-refractivity contribution in [2.45, 2.75) is 98.6 Å². The molecule has 2 rings (SSSR count). The minimum atomic E-state index is -1.26. The maximum atomic E-state index is 13.2. The van der Waals surface area contributed by atoms with E-state index in [9.17, 15) is 24.9 Å². The Balaban J connectivity index is 2.38. The lowest BCUT2D eigenvalue weighted by Crippen LogP contribution is -2.45. The van der Waals surface area contributed by atoms with Crippen molar-refractivity contribution >= 4 is 29.2 Å². The predicted octanol–water partition coefficient (Wildman–Crippen LogP) is 4.24. The molecule has 0 saturated heterocycles.